The van der Waals surface area contributed by atoms with E-state index in [2.05, 4.69) is 0 Å². The largest absolute Gasteiger partial charge is 0.513 e. The smallest absolute Gasteiger partial charge is 0.449 e. The number of hydrogen-bond donors (Lipinski definition) is 0. The molecule has 0 aliphatic carbocycles. The minimum atomic E-state index is -0.784. The van der Waals surface area contributed by atoms with Gasteiger partial charge in [0, 0.05) is 10.8 Å². The van der Waals surface area contributed by atoms with Gasteiger partial charge in [-0.1, -0.05) is 42.0 Å². The number of aryl methyl sites for hydroxylation is 1. The number of fused-ring (bicyclic) bond motifs is 5. The Bertz CT molecular complexity index is 1250. The third-order valence-corrected chi connectivity index (χ3v) is 4.78. The third-order valence-electron chi connectivity index (χ3n) is 4.78. The SMILES string of the molecule is CCOC(=O)Oc1cc2cc(C)ccc2c2c1c1ccccc1n2C(=O)OCC. The van der Waals surface area contributed by atoms with Crippen LogP contribution in [0.2, 0.25) is 0 Å². The Morgan fingerprint density at radius 3 is 2.45 bits per heavy atom. The predicted molar refractivity (Wildman–Crippen MR) is 112 cm³/mol. The van der Waals surface area contributed by atoms with Crippen LogP contribution in [0.3, 0.4) is 0 Å². The van der Waals surface area contributed by atoms with Crippen LogP contribution in [0.25, 0.3) is 32.6 Å². The lowest BCUT2D eigenvalue weighted by Gasteiger charge is -2.11. The second kappa shape index (κ2) is 7.47. The molecule has 1 heterocycles. The molecule has 4 aromatic rings. The van der Waals surface area contributed by atoms with Crippen molar-refractivity contribution in [2.24, 2.45) is 0 Å². The molecule has 0 spiro atoms. The molecule has 0 aliphatic heterocycles. The summed E-state index contributed by atoms with van der Waals surface area (Å²) < 4.78 is 17.4. The van der Waals surface area contributed by atoms with Crippen LogP contribution in [0.4, 0.5) is 9.59 Å². The Morgan fingerprint density at radius 2 is 1.69 bits per heavy atom. The van der Waals surface area contributed by atoms with Crippen LogP contribution in [0, 0.1) is 6.92 Å². The Morgan fingerprint density at radius 1 is 0.931 bits per heavy atom. The lowest BCUT2D eigenvalue weighted by molar-refractivity contribution is 0.105. The number of para-hydroxylation sites is 1. The Kier molecular flexibility index (Phi) is 4.84. The maximum atomic E-state index is 12.9. The number of carbonyl (C=O) groups is 2. The van der Waals surface area contributed by atoms with Crippen molar-refractivity contribution in [3.63, 3.8) is 0 Å². The standard InChI is InChI=1S/C23H21NO5/c1-4-27-22(25)24-18-9-7-6-8-17(18)20-19(29-23(26)28-5-2)13-15-12-14(3)10-11-16(15)21(20)24/h6-13H,4-5H2,1-3H3. The van der Waals surface area contributed by atoms with E-state index >= 15 is 0 Å². The van der Waals surface area contributed by atoms with Crippen LogP contribution >= 0.6 is 0 Å². The lowest BCUT2D eigenvalue weighted by atomic mass is 10.0. The highest BCUT2D eigenvalue weighted by Gasteiger charge is 2.23. The van der Waals surface area contributed by atoms with Gasteiger partial charge in [-0.15, -0.1) is 0 Å². The summed E-state index contributed by atoms with van der Waals surface area (Å²) in [4.78, 5) is 25.0. The molecule has 0 radical (unpaired) electrons. The zero-order valence-corrected chi connectivity index (χ0v) is 16.5. The van der Waals surface area contributed by atoms with Gasteiger partial charge in [0.05, 0.1) is 29.6 Å². The third kappa shape index (κ3) is 3.16. The van der Waals surface area contributed by atoms with E-state index in [1.54, 1.807) is 18.4 Å². The van der Waals surface area contributed by atoms with Gasteiger partial charge in [0.15, 0.2) is 0 Å². The summed E-state index contributed by atoms with van der Waals surface area (Å²) in [6, 6.07) is 15.2. The van der Waals surface area contributed by atoms with Gasteiger partial charge in [-0.25, -0.2) is 14.2 Å². The maximum Gasteiger partial charge on any atom is 0.513 e. The first-order chi connectivity index (χ1) is 14.0. The van der Waals surface area contributed by atoms with Gasteiger partial charge in [-0.3, -0.25) is 0 Å². The zero-order valence-electron chi connectivity index (χ0n) is 16.5. The van der Waals surface area contributed by atoms with Crippen molar-refractivity contribution in [3.05, 3.63) is 54.1 Å². The minimum absolute atomic E-state index is 0.208. The van der Waals surface area contributed by atoms with Gasteiger partial charge in [0.1, 0.15) is 5.75 Å². The normalized spacial score (nSPS) is 11.1. The minimum Gasteiger partial charge on any atom is -0.449 e. The van der Waals surface area contributed by atoms with E-state index in [1.807, 2.05) is 55.5 Å². The molecule has 0 amide bonds. The van der Waals surface area contributed by atoms with E-state index in [0.29, 0.717) is 22.2 Å². The summed E-state index contributed by atoms with van der Waals surface area (Å²) >= 11 is 0. The molecular formula is C23H21NO5. The molecule has 0 saturated carbocycles. The molecule has 0 aliphatic rings. The summed E-state index contributed by atoms with van der Waals surface area (Å²) in [6.45, 7) is 5.92. The number of aromatic nitrogens is 1. The van der Waals surface area contributed by atoms with Crippen molar-refractivity contribution in [2.75, 3.05) is 13.2 Å². The van der Waals surface area contributed by atoms with Crippen molar-refractivity contribution >= 4 is 44.8 Å². The van der Waals surface area contributed by atoms with Crippen molar-refractivity contribution in [1.29, 1.82) is 0 Å². The Labute approximate surface area is 167 Å². The number of rotatable bonds is 3. The highest BCUT2D eigenvalue weighted by atomic mass is 16.7. The van der Waals surface area contributed by atoms with Crippen LogP contribution in [-0.4, -0.2) is 30.0 Å². The van der Waals surface area contributed by atoms with Crippen molar-refractivity contribution in [3.8, 4) is 5.75 Å². The fraction of sp³-hybridized carbons (Fsp3) is 0.217. The van der Waals surface area contributed by atoms with Crippen LogP contribution in [0.15, 0.2) is 48.5 Å². The van der Waals surface area contributed by atoms with E-state index in [4.69, 9.17) is 14.2 Å². The molecule has 4 rings (SSSR count). The number of benzene rings is 3. The average Bonchev–Trinajstić information content (AvgIpc) is 3.04. The summed E-state index contributed by atoms with van der Waals surface area (Å²) in [7, 11) is 0. The van der Waals surface area contributed by atoms with Crippen LogP contribution in [-0.2, 0) is 9.47 Å². The molecule has 0 unspecified atom stereocenters. The molecule has 148 valence electrons. The highest BCUT2D eigenvalue weighted by Crippen LogP contribution is 2.41. The van der Waals surface area contributed by atoms with E-state index in [9.17, 15) is 9.59 Å². The maximum absolute atomic E-state index is 12.9. The molecule has 0 fully saturated rings. The number of carbonyl (C=O) groups excluding carboxylic acids is 2. The summed E-state index contributed by atoms with van der Waals surface area (Å²) in [5.41, 5.74) is 2.38. The van der Waals surface area contributed by atoms with E-state index < -0.39 is 12.2 Å². The summed E-state index contributed by atoms with van der Waals surface area (Å²) in [5, 5.41) is 3.17. The van der Waals surface area contributed by atoms with Gasteiger partial charge >= 0.3 is 12.2 Å². The second-order valence-corrected chi connectivity index (χ2v) is 6.66. The zero-order chi connectivity index (χ0) is 20.5. The van der Waals surface area contributed by atoms with Crippen LogP contribution in [0.1, 0.15) is 19.4 Å². The Balaban J connectivity index is 2.16. The molecular weight excluding hydrogens is 370 g/mol. The molecule has 0 bridgehead atoms. The molecule has 0 atom stereocenters. The number of ether oxygens (including phenoxy) is 3. The lowest BCUT2D eigenvalue weighted by Crippen LogP contribution is -2.13. The Hall–Kier alpha value is -3.54. The molecule has 29 heavy (non-hydrogen) atoms. The topological polar surface area (TPSA) is 66.8 Å². The number of nitrogens with zero attached hydrogens (tertiary/aromatic N) is 1. The van der Waals surface area contributed by atoms with Gasteiger partial charge in [0.25, 0.3) is 0 Å². The van der Waals surface area contributed by atoms with E-state index in [1.165, 1.54) is 0 Å². The molecule has 1 aromatic heterocycles. The van der Waals surface area contributed by atoms with Crippen molar-refractivity contribution < 1.29 is 23.8 Å². The number of hydrogen-bond acceptors (Lipinski definition) is 5. The monoisotopic (exact) mass is 391 g/mol. The van der Waals surface area contributed by atoms with Crippen molar-refractivity contribution in [2.45, 2.75) is 20.8 Å². The molecule has 6 heteroatoms. The van der Waals surface area contributed by atoms with E-state index in [-0.39, 0.29) is 13.2 Å². The quantitative estimate of drug-likeness (QED) is 0.326. The molecule has 6 nitrogen and oxygen atoms in total. The molecule has 0 N–H and O–H groups in total. The first-order valence-corrected chi connectivity index (χ1v) is 9.53. The van der Waals surface area contributed by atoms with Crippen molar-refractivity contribution in [1.82, 2.24) is 4.57 Å². The van der Waals surface area contributed by atoms with Gasteiger partial charge < -0.3 is 14.2 Å². The first kappa shape index (κ1) is 18.8. The summed E-state index contributed by atoms with van der Waals surface area (Å²) in [5.74, 6) is 0.343. The highest BCUT2D eigenvalue weighted by molar-refractivity contribution is 6.23. The first-order valence-electron chi connectivity index (χ1n) is 9.53. The van der Waals surface area contributed by atoms with Crippen LogP contribution < -0.4 is 4.74 Å². The summed E-state index contributed by atoms with van der Waals surface area (Å²) in [6.07, 6.45) is -1.26. The van der Waals surface area contributed by atoms with Gasteiger partial charge in [0.2, 0.25) is 0 Å². The molecule has 3 aromatic carbocycles. The predicted octanol–water partition coefficient (Wildman–Crippen LogP) is 5.80. The fourth-order valence-corrected chi connectivity index (χ4v) is 3.67. The van der Waals surface area contributed by atoms with E-state index in [0.717, 1.165) is 21.7 Å². The molecule has 0 saturated heterocycles. The van der Waals surface area contributed by atoms with Crippen LogP contribution in [0.5, 0.6) is 5.75 Å². The van der Waals surface area contributed by atoms with Gasteiger partial charge in [-0.2, -0.15) is 0 Å². The second-order valence-electron chi connectivity index (χ2n) is 6.66. The van der Waals surface area contributed by atoms with Gasteiger partial charge in [-0.05, 0) is 38.3 Å². The fourth-order valence-electron chi connectivity index (χ4n) is 3.67. The average molecular weight is 391 g/mol.